The number of piperidine rings is 1. The lowest BCUT2D eigenvalue weighted by molar-refractivity contribution is -0.124. The second-order valence-corrected chi connectivity index (χ2v) is 8.27. The highest BCUT2D eigenvalue weighted by molar-refractivity contribution is 5.92. The van der Waals surface area contributed by atoms with Crippen molar-refractivity contribution in [2.45, 2.75) is 58.8 Å². The van der Waals surface area contributed by atoms with Gasteiger partial charge in [-0.2, -0.15) is 5.10 Å². The van der Waals surface area contributed by atoms with Crippen LogP contribution in [0.1, 0.15) is 58.8 Å². The number of hydrogen-bond donors (Lipinski definition) is 2. The Morgan fingerprint density at radius 1 is 1.18 bits per heavy atom. The number of hydrogen-bond acceptors (Lipinski definition) is 3. The summed E-state index contributed by atoms with van der Waals surface area (Å²) >= 11 is 0. The van der Waals surface area contributed by atoms with Crippen molar-refractivity contribution in [3.8, 4) is 0 Å². The second-order valence-electron chi connectivity index (χ2n) is 8.27. The molecule has 4 nitrogen and oxygen atoms in total. The first-order valence-electron chi connectivity index (χ1n) is 8.77. The zero-order valence-electron chi connectivity index (χ0n) is 13.7. The molecule has 0 aromatic heterocycles. The highest BCUT2D eigenvalue weighted by Crippen LogP contribution is 2.62. The SMILES string of the molecule is C[C@]12CCC(=O)NC1=CC[C@H]1[C@@H]2CC[C@]2(C)/C(=N\N)CC[C@@H]12. The van der Waals surface area contributed by atoms with Gasteiger partial charge in [0.05, 0.1) is 0 Å². The van der Waals surface area contributed by atoms with E-state index in [0.717, 1.165) is 25.2 Å². The first-order valence-corrected chi connectivity index (χ1v) is 8.77. The smallest absolute Gasteiger partial charge is 0.224 e. The standard InChI is InChI=1S/C18H27N3O/c1-17-10-8-16(22)20-14(17)5-3-11-12-4-6-15(21-19)18(12,2)9-7-13(11)17/h5,11-13H,3-4,6-10,19H2,1-2H3,(H,20,22)/b21-15-/t11-,12+,13+,17-,18+/m1/s1. The number of hydrazone groups is 1. The summed E-state index contributed by atoms with van der Waals surface area (Å²) in [6, 6.07) is 0. The number of amides is 1. The van der Waals surface area contributed by atoms with Gasteiger partial charge in [-0.1, -0.05) is 19.9 Å². The number of carbonyl (C=O) groups is 1. The molecule has 0 radical (unpaired) electrons. The minimum absolute atomic E-state index is 0.167. The Bertz CT molecular complexity index is 581. The fourth-order valence-electron chi connectivity index (χ4n) is 6.19. The number of allylic oxidation sites excluding steroid dienone is 2. The number of nitrogens with one attached hydrogen (secondary N) is 1. The van der Waals surface area contributed by atoms with E-state index in [4.69, 9.17) is 5.84 Å². The molecule has 3 N–H and O–H groups in total. The van der Waals surface area contributed by atoms with Gasteiger partial charge >= 0.3 is 0 Å². The van der Waals surface area contributed by atoms with E-state index in [0.29, 0.717) is 18.3 Å². The molecular weight excluding hydrogens is 274 g/mol. The van der Waals surface area contributed by atoms with Crippen molar-refractivity contribution >= 4 is 11.6 Å². The molecule has 0 aromatic rings. The molecule has 3 fully saturated rings. The fraction of sp³-hybridized carbons (Fsp3) is 0.778. The molecule has 5 atom stereocenters. The molecule has 120 valence electrons. The molecule has 1 saturated heterocycles. The van der Waals surface area contributed by atoms with E-state index in [1.807, 2.05) is 0 Å². The third-order valence-electron chi connectivity index (χ3n) is 7.51. The number of fused-ring (bicyclic) bond motifs is 5. The predicted octanol–water partition coefficient (Wildman–Crippen LogP) is 2.95. The average Bonchev–Trinajstić information content (AvgIpc) is 2.84. The summed E-state index contributed by atoms with van der Waals surface area (Å²) in [5.74, 6) is 8.00. The zero-order chi connectivity index (χ0) is 15.5. The van der Waals surface area contributed by atoms with Gasteiger partial charge in [0.1, 0.15) is 0 Å². The van der Waals surface area contributed by atoms with Crippen LogP contribution in [0.2, 0.25) is 0 Å². The number of nitrogens with zero attached hydrogens (tertiary/aromatic N) is 1. The lowest BCUT2D eigenvalue weighted by atomic mass is 9.50. The van der Waals surface area contributed by atoms with Crippen molar-refractivity contribution in [2.75, 3.05) is 0 Å². The first-order chi connectivity index (χ1) is 10.5. The van der Waals surface area contributed by atoms with E-state index in [9.17, 15) is 4.79 Å². The van der Waals surface area contributed by atoms with E-state index in [1.165, 1.54) is 30.7 Å². The van der Waals surface area contributed by atoms with Crippen LogP contribution in [0.25, 0.3) is 0 Å². The number of rotatable bonds is 0. The molecule has 0 bridgehead atoms. The van der Waals surface area contributed by atoms with E-state index in [1.54, 1.807) is 0 Å². The Labute approximate surface area is 132 Å². The summed E-state index contributed by atoms with van der Waals surface area (Å²) in [5.41, 5.74) is 2.84. The Morgan fingerprint density at radius 3 is 2.73 bits per heavy atom. The van der Waals surface area contributed by atoms with E-state index >= 15 is 0 Å². The van der Waals surface area contributed by atoms with Gasteiger partial charge < -0.3 is 11.2 Å². The van der Waals surface area contributed by atoms with Gasteiger partial charge in [0, 0.05) is 28.7 Å². The van der Waals surface area contributed by atoms with Crippen molar-refractivity contribution in [3.05, 3.63) is 11.8 Å². The van der Waals surface area contributed by atoms with Crippen molar-refractivity contribution in [1.29, 1.82) is 0 Å². The molecule has 22 heavy (non-hydrogen) atoms. The number of carbonyl (C=O) groups excluding carboxylic acids is 1. The summed E-state index contributed by atoms with van der Waals surface area (Å²) in [6.07, 6.45) is 9.85. The van der Waals surface area contributed by atoms with Crippen LogP contribution in [0, 0.1) is 28.6 Å². The Hall–Kier alpha value is -1.32. The quantitative estimate of drug-likeness (QED) is 0.533. The van der Waals surface area contributed by atoms with Crippen LogP contribution in [0.15, 0.2) is 16.9 Å². The second kappa shape index (κ2) is 4.59. The largest absolute Gasteiger partial charge is 0.330 e. The monoisotopic (exact) mass is 301 g/mol. The fourth-order valence-corrected chi connectivity index (χ4v) is 6.19. The van der Waals surface area contributed by atoms with Crippen LogP contribution >= 0.6 is 0 Å². The number of nitrogens with two attached hydrogens (primary N) is 1. The van der Waals surface area contributed by atoms with Crippen LogP contribution in [-0.2, 0) is 4.79 Å². The molecule has 0 unspecified atom stereocenters. The summed E-state index contributed by atoms with van der Waals surface area (Å²) < 4.78 is 0. The van der Waals surface area contributed by atoms with Crippen molar-refractivity contribution in [3.63, 3.8) is 0 Å². The van der Waals surface area contributed by atoms with Gasteiger partial charge in [-0.15, -0.1) is 0 Å². The summed E-state index contributed by atoms with van der Waals surface area (Å²) in [6.45, 7) is 4.77. The van der Waals surface area contributed by atoms with Crippen molar-refractivity contribution in [1.82, 2.24) is 5.32 Å². The highest BCUT2D eigenvalue weighted by Gasteiger charge is 2.58. The van der Waals surface area contributed by atoms with Gasteiger partial charge in [0.25, 0.3) is 0 Å². The molecule has 4 rings (SSSR count). The van der Waals surface area contributed by atoms with Crippen molar-refractivity contribution in [2.24, 2.45) is 39.5 Å². The Kier molecular flexibility index (Phi) is 2.98. The van der Waals surface area contributed by atoms with Gasteiger partial charge in [0.15, 0.2) is 0 Å². The van der Waals surface area contributed by atoms with Crippen molar-refractivity contribution < 1.29 is 4.79 Å². The summed E-state index contributed by atoms with van der Waals surface area (Å²) in [7, 11) is 0. The molecule has 4 heteroatoms. The van der Waals surface area contributed by atoms with Gasteiger partial charge in [-0.05, 0) is 56.3 Å². The molecule has 0 spiro atoms. The van der Waals surface area contributed by atoms with E-state index in [2.05, 4.69) is 30.3 Å². The maximum Gasteiger partial charge on any atom is 0.224 e. The van der Waals surface area contributed by atoms with E-state index < -0.39 is 0 Å². The molecule has 2 saturated carbocycles. The van der Waals surface area contributed by atoms with Gasteiger partial charge in [-0.3, -0.25) is 4.79 Å². The maximum atomic E-state index is 11.8. The third-order valence-corrected chi connectivity index (χ3v) is 7.51. The first kappa shape index (κ1) is 14.3. The molecule has 0 aromatic carbocycles. The molecule has 4 aliphatic rings. The molecule has 3 aliphatic carbocycles. The minimum atomic E-state index is 0.167. The minimum Gasteiger partial charge on any atom is -0.330 e. The summed E-state index contributed by atoms with van der Waals surface area (Å²) in [5, 5.41) is 7.29. The lowest BCUT2D eigenvalue weighted by Gasteiger charge is -2.56. The Morgan fingerprint density at radius 2 is 1.95 bits per heavy atom. The molecular formula is C18H27N3O. The third kappa shape index (κ3) is 1.70. The zero-order valence-corrected chi connectivity index (χ0v) is 13.7. The normalized spacial score (nSPS) is 49.0. The van der Waals surface area contributed by atoms with Crippen LogP contribution in [-0.4, -0.2) is 11.6 Å². The molecule has 1 amide bonds. The van der Waals surface area contributed by atoms with E-state index in [-0.39, 0.29) is 16.7 Å². The molecule has 1 heterocycles. The predicted molar refractivity (Wildman–Crippen MR) is 86.9 cm³/mol. The highest BCUT2D eigenvalue weighted by atomic mass is 16.1. The maximum absolute atomic E-state index is 11.8. The molecule has 1 aliphatic heterocycles. The van der Waals surface area contributed by atoms with Gasteiger partial charge in [-0.25, -0.2) is 0 Å². The van der Waals surface area contributed by atoms with Crippen LogP contribution in [0.5, 0.6) is 0 Å². The lowest BCUT2D eigenvalue weighted by Crippen LogP contribution is -2.53. The topological polar surface area (TPSA) is 67.5 Å². The van der Waals surface area contributed by atoms with Crippen LogP contribution in [0.4, 0.5) is 0 Å². The van der Waals surface area contributed by atoms with Gasteiger partial charge in [0.2, 0.25) is 5.91 Å². The van der Waals surface area contributed by atoms with Crippen LogP contribution < -0.4 is 11.2 Å². The summed E-state index contributed by atoms with van der Waals surface area (Å²) in [4.78, 5) is 11.8. The Balaban J connectivity index is 1.70. The average molecular weight is 301 g/mol. The van der Waals surface area contributed by atoms with Crippen LogP contribution in [0.3, 0.4) is 0 Å².